The van der Waals surface area contributed by atoms with Crippen LogP contribution in [0.1, 0.15) is 37.7 Å². The predicted octanol–water partition coefficient (Wildman–Crippen LogP) is 1.75. The summed E-state index contributed by atoms with van der Waals surface area (Å²) in [6.45, 7) is 0.439. The molecule has 3 rings (SSSR count). The van der Waals surface area contributed by atoms with Gasteiger partial charge in [0.15, 0.2) is 0 Å². The highest BCUT2D eigenvalue weighted by Crippen LogP contribution is 2.51. The second kappa shape index (κ2) is 6.11. The van der Waals surface area contributed by atoms with E-state index in [1.807, 2.05) is 0 Å². The summed E-state index contributed by atoms with van der Waals surface area (Å²) < 4.78 is 37.1. The van der Waals surface area contributed by atoms with E-state index in [0.717, 1.165) is 31.9 Å². The summed E-state index contributed by atoms with van der Waals surface area (Å²) in [6, 6.07) is 3.90. The normalized spacial score (nSPS) is 20.4. The molecule has 5 nitrogen and oxygen atoms in total. The molecule has 0 saturated heterocycles. The van der Waals surface area contributed by atoms with Gasteiger partial charge in [-0.25, -0.2) is 12.8 Å². The maximum Gasteiger partial charge on any atom is 0.243 e. The summed E-state index contributed by atoms with van der Waals surface area (Å²) >= 11 is 0. The van der Waals surface area contributed by atoms with Crippen molar-refractivity contribution in [3.63, 3.8) is 0 Å². The first-order valence-electron chi connectivity index (χ1n) is 8.27. The molecule has 2 N–H and O–H groups in total. The van der Waals surface area contributed by atoms with Crippen LogP contribution in [-0.2, 0) is 20.0 Å². The number of hydrogen-bond donors (Lipinski definition) is 1. The first-order chi connectivity index (χ1) is 11.2. The Morgan fingerprint density at radius 3 is 2.67 bits per heavy atom. The Hall–Kier alpha value is -1.47. The standard InChI is InChI=1S/C17H23FN2O3S/c1-24(22,23)10-7-13(19)16(21)20-11-17(8-2-3-9-17)15-12(18)5-4-6-14(15)20/h4-6,13H,2-3,7-11,19H2,1H3. The number of nitrogens with two attached hydrogens (primary N) is 1. The van der Waals surface area contributed by atoms with Gasteiger partial charge in [-0.2, -0.15) is 0 Å². The Morgan fingerprint density at radius 1 is 1.38 bits per heavy atom. The van der Waals surface area contributed by atoms with E-state index in [0.29, 0.717) is 17.8 Å². The van der Waals surface area contributed by atoms with Crippen LogP contribution in [0.2, 0.25) is 0 Å². The molecular formula is C17H23FN2O3S. The minimum Gasteiger partial charge on any atom is -0.320 e. The van der Waals surface area contributed by atoms with Gasteiger partial charge in [-0.15, -0.1) is 0 Å². The predicted molar refractivity (Wildman–Crippen MR) is 91.2 cm³/mol. The highest BCUT2D eigenvalue weighted by atomic mass is 32.2. The Labute approximate surface area is 141 Å². The fourth-order valence-electron chi connectivity index (χ4n) is 4.05. The van der Waals surface area contributed by atoms with Gasteiger partial charge in [0.05, 0.1) is 17.5 Å². The Balaban J connectivity index is 1.88. The van der Waals surface area contributed by atoms with Gasteiger partial charge >= 0.3 is 0 Å². The van der Waals surface area contributed by atoms with Crippen molar-refractivity contribution in [3.8, 4) is 0 Å². The van der Waals surface area contributed by atoms with Crippen molar-refractivity contribution in [1.29, 1.82) is 0 Å². The van der Waals surface area contributed by atoms with Gasteiger partial charge in [-0.05, 0) is 31.4 Å². The second-order valence-electron chi connectivity index (χ2n) is 7.07. The van der Waals surface area contributed by atoms with Crippen LogP contribution in [-0.4, -0.2) is 38.9 Å². The first kappa shape index (κ1) is 17.4. The van der Waals surface area contributed by atoms with Crippen LogP contribution in [0.15, 0.2) is 18.2 Å². The minimum absolute atomic E-state index is 0.0752. The average molecular weight is 354 g/mol. The molecule has 1 aliphatic heterocycles. The van der Waals surface area contributed by atoms with Crippen molar-refractivity contribution < 1.29 is 17.6 Å². The summed E-state index contributed by atoms with van der Waals surface area (Å²) in [5.74, 6) is -0.724. The Morgan fingerprint density at radius 2 is 2.04 bits per heavy atom. The van der Waals surface area contributed by atoms with Crippen molar-refractivity contribution in [2.24, 2.45) is 5.73 Å². The van der Waals surface area contributed by atoms with Crippen LogP contribution in [0.5, 0.6) is 0 Å². The minimum atomic E-state index is -3.18. The Bertz CT molecular complexity index is 757. The maximum absolute atomic E-state index is 14.5. The largest absolute Gasteiger partial charge is 0.320 e. The zero-order valence-corrected chi connectivity index (χ0v) is 14.6. The van der Waals surface area contributed by atoms with Crippen molar-refractivity contribution in [2.45, 2.75) is 43.6 Å². The maximum atomic E-state index is 14.5. The van der Waals surface area contributed by atoms with Crippen molar-refractivity contribution >= 4 is 21.4 Å². The number of carbonyl (C=O) groups excluding carboxylic acids is 1. The number of hydrogen-bond acceptors (Lipinski definition) is 4. The van der Waals surface area contributed by atoms with Crippen LogP contribution in [0.25, 0.3) is 0 Å². The fourth-order valence-corrected chi connectivity index (χ4v) is 4.73. The summed E-state index contributed by atoms with van der Waals surface area (Å²) in [4.78, 5) is 14.3. The van der Waals surface area contributed by atoms with E-state index >= 15 is 0 Å². The van der Waals surface area contributed by atoms with E-state index in [1.165, 1.54) is 6.07 Å². The van der Waals surface area contributed by atoms with Gasteiger partial charge in [-0.1, -0.05) is 18.9 Å². The lowest BCUT2D eigenvalue weighted by molar-refractivity contribution is -0.119. The lowest BCUT2D eigenvalue weighted by Gasteiger charge is -2.26. The number of benzene rings is 1. The number of amides is 1. The quantitative estimate of drug-likeness (QED) is 0.893. The SMILES string of the molecule is CS(=O)(=O)CCC(N)C(=O)N1CC2(CCCC2)c2c(F)cccc21. The van der Waals surface area contributed by atoms with Gasteiger partial charge in [-0.3, -0.25) is 4.79 Å². The van der Waals surface area contributed by atoms with Crippen molar-refractivity contribution in [1.82, 2.24) is 0 Å². The number of halogens is 1. The smallest absolute Gasteiger partial charge is 0.243 e. The molecule has 7 heteroatoms. The average Bonchev–Trinajstić information content (AvgIpc) is 3.10. The molecule has 0 aromatic heterocycles. The van der Waals surface area contributed by atoms with Gasteiger partial charge in [0.25, 0.3) is 0 Å². The molecule has 1 aromatic carbocycles. The molecule has 1 atom stereocenters. The van der Waals surface area contributed by atoms with Gasteiger partial charge < -0.3 is 10.6 Å². The molecule has 1 aromatic rings. The molecule has 2 aliphatic rings. The molecule has 0 radical (unpaired) electrons. The van der Waals surface area contributed by atoms with Crippen LogP contribution in [0, 0.1) is 5.82 Å². The van der Waals surface area contributed by atoms with Crippen LogP contribution in [0.4, 0.5) is 10.1 Å². The van der Waals surface area contributed by atoms with E-state index in [9.17, 15) is 17.6 Å². The number of fused-ring (bicyclic) bond motifs is 2. The number of rotatable bonds is 4. The monoisotopic (exact) mass is 354 g/mol. The molecule has 1 spiro atoms. The topological polar surface area (TPSA) is 80.5 Å². The van der Waals surface area contributed by atoms with E-state index in [4.69, 9.17) is 5.73 Å². The van der Waals surface area contributed by atoms with E-state index < -0.39 is 15.9 Å². The van der Waals surface area contributed by atoms with Gasteiger partial charge in [0.2, 0.25) is 5.91 Å². The number of sulfone groups is 1. The summed E-state index contributed by atoms with van der Waals surface area (Å²) in [6.07, 6.45) is 4.97. The third-order valence-corrected chi connectivity index (χ3v) is 6.19. The molecule has 0 bridgehead atoms. The molecule has 1 unspecified atom stereocenters. The molecule has 1 saturated carbocycles. The summed E-state index contributed by atoms with van der Waals surface area (Å²) in [5.41, 5.74) is 6.85. The van der Waals surface area contributed by atoms with Gasteiger partial charge in [0.1, 0.15) is 15.7 Å². The van der Waals surface area contributed by atoms with Gasteiger partial charge in [0, 0.05) is 23.8 Å². The molecule has 1 aliphatic carbocycles. The molecule has 1 heterocycles. The third-order valence-electron chi connectivity index (χ3n) is 5.22. The zero-order valence-electron chi connectivity index (χ0n) is 13.8. The lowest BCUT2D eigenvalue weighted by Crippen LogP contribution is -2.46. The lowest BCUT2D eigenvalue weighted by atomic mass is 9.80. The highest BCUT2D eigenvalue weighted by molar-refractivity contribution is 7.90. The Kier molecular flexibility index (Phi) is 4.42. The van der Waals surface area contributed by atoms with Crippen LogP contribution >= 0.6 is 0 Å². The van der Waals surface area contributed by atoms with Crippen LogP contribution in [0.3, 0.4) is 0 Å². The number of carbonyl (C=O) groups is 1. The second-order valence-corrected chi connectivity index (χ2v) is 9.33. The molecule has 24 heavy (non-hydrogen) atoms. The van der Waals surface area contributed by atoms with Crippen molar-refractivity contribution in [2.75, 3.05) is 23.5 Å². The number of anilines is 1. The zero-order chi connectivity index (χ0) is 17.5. The summed E-state index contributed by atoms with van der Waals surface area (Å²) in [5, 5.41) is 0. The first-order valence-corrected chi connectivity index (χ1v) is 10.3. The molecule has 1 amide bonds. The van der Waals surface area contributed by atoms with E-state index in [1.54, 1.807) is 17.0 Å². The fraction of sp³-hybridized carbons (Fsp3) is 0.588. The number of nitrogens with zero attached hydrogens (tertiary/aromatic N) is 1. The third kappa shape index (κ3) is 3.07. The van der Waals surface area contributed by atoms with Crippen molar-refractivity contribution in [3.05, 3.63) is 29.6 Å². The van der Waals surface area contributed by atoms with Crippen LogP contribution < -0.4 is 10.6 Å². The highest BCUT2D eigenvalue weighted by Gasteiger charge is 2.48. The van der Waals surface area contributed by atoms with E-state index in [2.05, 4.69) is 0 Å². The molecule has 132 valence electrons. The summed E-state index contributed by atoms with van der Waals surface area (Å²) in [7, 11) is -3.18. The molecule has 1 fully saturated rings. The molecular weight excluding hydrogens is 331 g/mol. The van der Waals surface area contributed by atoms with E-state index in [-0.39, 0.29) is 29.3 Å².